The molecule has 1 N–H and O–H groups in total. The van der Waals surface area contributed by atoms with Gasteiger partial charge in [-0.15, -0.1) is 0 Å². The van der Waals surface area contributed by atoms with Crippen LogP contribution < -0.4 is 5.32 Å². The molecule has 0 aliphatic heterocycles. The summed E-state index contributed by atoms with van der Waals surface area (Å²) in [5.74, 6) is 0. The van der Waals surface area contributed by atoms with Gasteiger partial charge in [-0.1, -0.05) is 20.8 Å². The van der Waals surface area contributed by atoms with E-state index in [1.165, 1.54) is 12.1 Å². The van der Waals surface area contributed by atoms with Gasteiger partial charge in [0, 0.05) is 31.5 Å². The van der Waals surface area contributed by atoms with Crippen LogP contribution >= 0.6 is 0 Å². The van der Waals surface area contributed by atoms with Gasteiger partial charge in [-0.25, -0.2) is 0 Å². The van der Waals surface area contributed by atoms with Gasteiger partial charge in [0.2, 0.25) is 0 Å². The molecule has 0 radical (unpaired) electrons. The number of likely N-dealkylation sites (N-methyl/N-ethyl adjacent to an activating group) is 1. The zero-order valence-electron chi connectivity index (χ0n) is 11.6. The van der Waals surface area contributed by atoms with Gasteiger partial charge in [0.15, 0.2) is 0 Å². The highest BCUT2D eigenvalue weighted by atomic mass is 15.1. The lowest BCUT2D eigenvalue weighted by Gasteiger charge is -2.19. The predicted molar refractivity (Wildman–Crippen MR) is 74.2 cm³/mol. The summed E-state index contributed by atoms with van der Waals surface area (Å²) in [4.78, 5) is 2.46. The second kappa shape index (κ2) is 8.31. The Labute approximate surface area is 106 Å². The van der Waals surface area contributed by atoms with Gasteiger partial charge >= 0.3 is 0 Å². The van der Waals surface area contributed by atoms with Crippen LogP contribution in [0.3, 0.4) is 0 Å². The molecule has 1 rings (SSSR count). The number of rotatable bonds is 9. The normalized spacial score (nSPS) is 11.3. The molecular formula is C14H27N3. The minimum Gasteiger partial charge on any atom is -0.349 e. The van der Waals surface area contributed by atoms with Crippen LogP contribution in [0.5, 0.6) is 0 Å². The third kappa shape index (κ3) is 4.92. The molecule has 0 amide bonds. The molecule has 0 bridgehead atoms. The summed E-state index contributed by atoms with van der Waals surface area (Å²) in [6.45, 7) is 13.3. The van der Waals surface area contributed by atoms with Gasteiger partial charge in [-0.2, -0.15) is 0 Å². The first-order valence-corrected chi connectivity index (χ1v) is 6.88. The van der Waals surface area contributed by atoms with Crippen LogP contribution in [0.15, 0.2) is 18.3 Å². The zero-order valence-corrected chi connectivity index (χ0v) is 11.6. The summed E-state index contributed by atoms with van der Waals surface area (Å²) in [5, 5.41) is 3.46. The van der Waals surface area contributed by atoms with Crippen molar-refractivity contribution >= 4 is 0 Å². The highest BCUT2D eigenvalue weighted by molar-refractivity contribution is 5.06. The van der Waals surface area contributed by atoms with Crippen molar-refractivity contribution in [3.8, 4) is 0 Å². The van der Waals surface area contributed by atoms with E-state index in [-0.39, 0.29) is 0 Å². The Morgan fingerprint density at radius 2 is 2.00 bits per heavy atom. The molecule has 0 fully saturated rings. The molecule has 1 heterocycles. The predicted octanol–water partition coefficient (Wildman–Crippen LogP) is 2.33. The van der Waals surface area contributed by atoms with Crippen molar-refractivity contribution in [3.63, 3.8) is 0 Å². The lowest BCUT2D eigenvalue weighted by Crippen LogP contribution is -2.27. The molecule has 17 heavy (non-hydrogen) atoms. The second-order valence-electron chi connectivity index (χ2n) is 4.40. The van der Waals surface area contributed by atoms with Crippen molar-refractivity contribution in [1.29, 1.82) is 0 Å². The Balaban J connectivity index is 2.39. The molecule has 3 nitrogen and oxygen atoms in total. The number of hydrogen-bond acceptors (Lipinski definition) is 2. The molecule has 0 aromatic carbocycles. The zero-order chi connectivity index (χ0) is 12.5. The highest BCUT2D eigenvalue weighted by Gasteiger charge is 2.03. The van der Waals surface area contributed by atoms with Gasteiger partial charge in [0.1, 0.15) is 0 Å². The maximum atomic E-state index is 3.46. The van der Waals surface area contributed by atoms with Crippen LogP contribution in [0.1, 0.15) is 32.9 Å². The number of nitrogens with zero attached hydrogens (tertiary/aromatic N) is 2. The van der Waals surface area contributed by atoms with E-state index in [2.05, 4.69) is 53.9 Å². The molecule has 98 valence electrons. The Hall–Kier alpha value is -0.800. The van der Waals surface area contributed by atoms with Crippen molar-refractivity contribution in [2.24, 2.45) is 0 Å². The summed E-state index contributed by atoms with van der Waals surface area (Å²) in [5.41, 5.74) is 1.39. The lowest BCUT2D eigenvalue weighted by atomic mass is 10.4. The van der Waals surface area contributed by atoms with Crippen LogP contribution in [0.4, 0.5) is 0 Å². The summed E-state index contributed by atoms with van der Waals surface area (Å²) in [7, 11) is 0. The first kappa shape index (κ1) is 14.3. The Kier molecular flexibility index (Phi) is 6.97. The summed E-state index contributed by atoms with van der Waals surface area (Å²) < 4.78 is 2.36. The fourth-order valence-electron chi connectivity index (χ4n) is 2.01. The average molecular weight is 237 g/mol. The third-order valence-electron chi connectivity index (χ3n) is 3.21. The quantitative estimate of drug-likeness (QED) is 0.665. The maximum absolute atomic E-state index is 3.46. The van der Waals surface area contributed by atoms with Crippen molar-refractivity contribution < 1.29 is 0 Å². The topological polar surface area (TPSA) is 20.2 Å². The molecule has 0 atom stereocenters. The summed E-state index contributed by atoms with van der Waals surface area (Å²) >= 11 is 0. The monoisotopic (exact) mass is 237 g/mol. The first-order chi connectivity index (χ1) is 8.31. The molecule has 0 aliphatic rings. The molecule has 3 heteroatoms. The molecule has 0 unspecified atom stereocenters. The SMILES string of the molecule is CCCNCc1cccn1CCN(CC)CC. The average Bonchev–Trinajstić information content (AvgIpc) is 2.79. The van der Waals surface area contributed by atoms with Crippen LogP contribution in [-0.2, 0) is 13.1 Å². The van der Waals surface area contributed by atoms with E-state index in [0.29, 0.717) is 0 Å². The van der Waals surface area contributed by atoms with E-state index in [1.807, 2.05) is 0 Å². The molecule has 1 aromatic rings. The van der Waals surface area contributed by atoms with E-state index in [0.717, 1.165) is 39.3 Å². The van der Waals surface area contributed by atoms with E-state index >= 15 is 0 Å². The maximum Gasteiger partial charge on any atom is 0.0359 e. The number of nitrogens with one attached hydrogen (secondary N) is 1. The molecule has 0 saturated carbocycles. The van der Waals surface area contributed by atoms with Gasteiger partial charge < -0.3 is 14.8 Å². The van der Waals surface area contributed by atoms with Crippen molar-refractivity contribution in [1.82, 2.24) is 14.8 Å². The van der Waals surface area contributed by atoms with Gasteiger partial charge in [0.05, 0.1) is 0 Å². The van der Waals surface area contributed by atoms with Gasteiger partial charge in [0.25, 0.3) is 0 Å². The first-order valence-electron chi connectivity index (χ1n) is 6.88. The Bertz CT molecular complexity index is 289. The van der Waals surface area contributed by atoms with E-state index in [9.17, 15) is 0 Å². The largest absolute Gasteiger partial charge is 0.349 e. The van der Waals surface area contributed by atoms with Crippen LogP contribution in [0.2, 0.25) is 0 Å². The molecule has 0 aliphatic carbocycles. The van der Waals surface area contributed by atoms with E-state index < -0.39 is 0 Å². The Morgan fingerprint density at radius 3 is 2.65 bits per heavy atom. The van der Waals surface area contributed by atoms with Gasteiger partial charge in [-0.05, 0) is 38.2 Å². The summed E-state index contributed by atoms with van der Waals surface area (Å²) in [6.07, 6.45) is 3.38. The molecule has 0 spiro atoms. The van der Waals surface area contributed by atoms with Gasteiger partial charge in [-0.3, -0.25) is 0 Å². The lowest BCUT2D eigenvalue weighted by molar-refractivity contribution is 0.289. The fourth-order valence-corrected chi connectivity index (χ4v) is 2.01. The minimum atomic E-state index is 0.985. The number of hydrogen-bond donors (Lipinski definition) is 1. The fraction of sp³-hybridized carbons (Fsp3) is 0.714. The van der Waals surface area contributed by atoms with Crippen molar-refractivity contribution in [2.75, 3.05) is 26.2 Å². The number of aromatic nitrogens is 1. The standard InChI is InChI=1S/C14H27N3/c1-4-9-15-13-14-8-7-10-17(14)12-11-16(5-2)6-3/h7-8,10,15H,4-6,9,11-13H2,1-3H3. The van der Waals surface area contributed by atoms with Crippen molar-refractivity contribution in [2.45, 2.75) is 40.3 Å². The van der Waals surface area contributed by atoms with Crippen LogP contribution in [-0.4, -0.2) is 35.6 Å². The highest BCUT2D eigenvalue weighted by Crippen LogP contribution is 2.03. The van der Waals surface area contributed by atoms with Crippen molar-refractivity contribution in [3.05, 3.63) is 24.0 Å². The molecule has 0 saturated heterocycles. The third-order valence-corrected chi connectivity index (χ3v) is 3.21. The van der Waals surface area contributed by atoms with E-state index in [1.54, 1.807) is 0 Å². The van der Waals surface area contributed by atoms with Crippen LogP contribution in [0, 0.1) is 0 Å². The second-order valence-corrected chi connectivity index (χ2v) is 4.40. The smallest absolute Gasteiger partial charge is 0.0359 e. The van der Waals surface area contributed by atoms with Crippen LogP contribution in [0.25, 0.3) is 0 Å². The molecular weight excluding hydrogens is 210 g/mol. The summed E-state index contributed by atoms with van der Waals surface area (Å²) in [6, 6.07) is 4.36. The minimum absolute atomic E-state index is 0.985. The van der Waals surface area contributed by atoms with E-state index in [4.69, 9.17) is 0 Å². The Morgan fingerprint density at radius 1 is 1.24 bits per heavy atom. The molecule has 1 aromatic heterocycles.